The Labute approximate surface area is 92.2 Å². The molecule has 0 aromatic rings. The summed E-state index contributed by atoms with van der Waals surface area (Å²) >= 11 is 4.69. The number of hydrogen-bond acceptors (Lipinski definition) is 4. The van der Waals surface area contributed by atoms with Gasteiger partial charge in [-0.15, -0.1) is 12.6 Å². The lowest BCUT2D eigenvalue weighted by Crippen LogP contribution is -2.55. The van der Waals surface area contributed by atoms with Crippen LogP contribution in [0.5, 0.6) is 0 Å². The molecule has 0 saturated carbocycles. The van der Waals surface area contributed by atoms with E-state index in [2.05, 4.69) is 22.2 Å². The van der Waals surface area contributed by atoms with Crippen LogP contribution >= 0.6 is 12.6 Å². The van der Waals surface area contributed by atoms with Crippen molar-refractivity contribution in [3.05, 3.63) is 0 Å². The summed E-state index contributed by atoms with van der Waals surface area (Å²) in [5.74, 6) is 0. The number of hydrogen-bond donors (Lipinski definition) is 2. The number of thiol groups is 1. The van der Waals surface area contributed by atoms with Gasteiger partial charge in [0.2, 0.25) is 0 Å². The van der Waals surface area contributed by atoms with Gasteiger partial charge in [0.05, 0.1) is 0 Å². The van der Waals surface area contributed by atoms with Crippen LogP contribution in [0.3, 0.4) is 0 Å². The first-order chi connectivity index (χ1) is 6.79. The van der Waals surface area contributed by atoms with Gasteiger partial charge in [0.25, 0.3) is 0 Å². The molecule has 0 radical (unpaired) electrons. The molecule has 2 heterocycles. The van der Waals surface area contributed by atoms with E-state index < -0.39 is 0 Å². The average molecular weight is 215 g/mol. The Kier molecular flexibility index (Phi) is 3.71. The summed E-state index contributed by atoms with van der Waals surface area (Å²) in [7, 11) is 2.17. The van der Waals surface area contributed by atoms with Crippen molar-refractivity contribution >= 4 is 12.6 Å². The maximum atomic E-state index is 4.69. The summed E-state index contributed by atoms with van der Waals surface area (Å²) in [6.45, 7) is 4.76. The molecular formula is C10H21N3S. The van der Waals surface area contributed by atoms with E-state index in [1.807, 2.05) is 0 Å². The largest absolute Gasteiger partial charge is 0.317 e. The second-order valence-corrected chi connectivity index (χ2v) is 4.86. The summed E-state index contributed by atoms with van der Waals surface area (Å²) in [6.07, 6.45) is 3.85. The molecule has 1 unspecified atom stereocenters. The molecule has 82 valence electrons. The van der Waals surface area contributed by atoms with E-state index in [4.69, 9.17) is 12.6 Å². The van der Waals surface area contributed by atoms with Gasteiger partial charge in [-0.1, -0.05) is 0 Å². The van der Waals surface area contributed by atoms with Crippen LogP contribution in [0.2, 0.25) is 0 Å². The second kappa shape index (κ2) is 4.84. The molecule has 0 aliphatic carbocycles. The molecule has 0 aromatic carbocycles. The van der Waals surface area contributed by atoms with Crippen molar-refractivity contribution in [2.75, 3.05) is 33.2 Å². The number of nitrogens with one attached hydrogen (secondary N) is 1. The Morgan fingerprint density at radius 1 is 1.21 bits per heavy atom. The summed E-state index contributed by atoms with van der Waals surface area (Å²) in [6, 6.07) is 0.751. The lowest BCUT2D eigenvalue weighted by Gasteiger charge is -2.45. The zero-order chi connectivity index (χ0) is 9.97. The maximum absolute atomic E-state index is 4.69. The van der Waals surface area contributed by atoms with Gasteiger partial charge in [-0.25, -0.2) is 0 Å². The number of nitrogens with zero attached hydrogens (tertiary/aromatic N) is 2. The van der Waals surface area contributed by atoms with Crippen molar-refractivity contribution in [3.63, 3.8) is 0 Å². The van der Waals surface area contributed by atoms with Gasteiger partial charge < -0.3 is 5.32 Å². The third-order valence-electron chi connectivity index (χ3n) is 3.40. The van der Waals surface area contributed by atoms with Crippen LogP contribution in [-0.4, -0.2) is 54.6 Å². The van der Waals surface area contributed by atoms with Crippen molar-refractivity contribution in [3.8, 4) is 0 Å². The minimum Gasteiger partial charge on any atom is -0.317 e. The van der Waals surface area contributed by atoms with Crippen LogP contribution in [-0.2, 0) is 0 Å². The molecule has 2 aliphatic rings. The van der Waals surface area contributed by atoms with E-state index >= 15 is 0 Å². The Balaban J connectivity index is 1.93. The molecule has 1 atom stereocenters. The maximum Gasteiger partial charge on any atom is 0.108 e. The van der Waals surface area contributed by atoms with Gasteiger partial charge in [-0.3, -0.25) is 9.80 Å². The summed E-state index contributed by atoms with van der Waals surface area (Å²) in [5, 5.41) is 3.41. The van der Waals surface area contributed by atoms with Crippen molar-refractivity contribution in [2.24, 2.45) is 0 Å². The van der Waals surface area contributed by atoms with Gasteiger partial charge in [0.15, 0.2) is 0 Å². The van der Waals surface area contributed by atoms with Gasteiger partial charge in [-0.05, 0) is 39.4 Å². The quantitative estimate of drug-likeness (QED) is 0.624. The average Bonchev–Trinajstić information content (AvgIpc) is 2.23. The number of piperidine rings is 1. The lowest BCUT2D eigenvalue weighted by atomic mass is 10.0. The minimum absolute atomic E-state index is 0.340. The van der Waals surface area contributed by atoms with Crippen LogP contribution in [0.15, 0.2) is 0 Å². The molecule has 4 heteroatoms. The van der Waals surface area contributed by atoms with E-state index in [9.17, 15) is 0 Å². The molecule has 1 N–H and O–H groups in total. The lowest BCUT2D eigenvalue weighted by molar-refractivity contribution is 0.0349. The van der Waals surface area contributed by atoms with Gasteiger partial charge in [-0.2, -0.15) is 0 Å². The van der Waals surface area contributed by atoms with E-state index in [0.29, 0.717) is 5.50 Å². The Hall–Kier alpha value is 0.230. The highest BCUT2D eigenvalue weighted by Gasteiger charge is 2.30. The predicted molar refractivity (Wildman–Crippen MR) is 62.6 cm³/mol. The fraction of sp³-hybridized carbons (Fsp3) is 1.00. The van der Waals surface area contributed by atoms with Crippen LogP contribution in [0.25, 0.3) is 0 Å². The summed E-state index contributed by atoms with van der Waals surface area (Å²) in [5.41, 5.74) is 0.340. The number of rotatable bonds is 1. The minimum atomic E-state index is 0.340. The standard InChI is InChI=1S/C10H21N3S/c1-12-7-2-8-13(10(12)14)9-3-5-11-6-4-9/h9-11,14H,2-8H2,1H3. The molecule has 2 fully saturated rings. The van der Waals surface area contributed by atoms with Gasteiger partial charge in [0.1, 0.15) is 5.50 Å². The van der Waals surface area contributed by atoms with E-state index in [-0.39, 0.29) is 0 Å². The van der Waals surface area contributed by atoms with E-state index in [1.54, 1.807) is 0 Å². The van der Waals surface area contributed by atoms with Crippen LogP contribution in [0, 0.1) is 0 Å². The van der Waals surface area contributed by atoms with Crippen LogP contribution < -0.4 is 5.32 Å². The molecule has 2 saturated heterocycles. The molecule has 0 aromatic heterocycles. The molecule has 0 bridgehead atoms. The SMILES string of the molecule is CN1CCCN(C2CCNCC2)C1S. The first kappa shape index (κ1) is 10.7. The predicted octanol–water partition coefficient (Wildman–Crippen LogP) is 0.589. The second-order valence-electron chi connectivity index (χ2n) is 4.40. The zero-order valence-corrected chi connectivity index (χ0v) is 9.84. The third-order valence-corrected chi connectivity index (χ3v) is 4.09. The first-order valence-corrected chi connectivity index (χ1v) is 6.15. The molecular weight excluding hydrogens is 194 g/mol. The fourth-order valence-corrected chi connectivity index (χ4v) is 2.92. The first-order valence-electron chi connectivity index (χ1n) is 5.64. The van der Waals surface area contributed by atoms with Crippen molar-refractivity contribution in [1.29, 1.82) is 0 Å². The third kappa shape index (κ3) is 2.24. The molecule has 2 rings (SSSR count). The topological polar surface area (TPSA) is 18.5 Å². The summed E-state index contributed by atoms with van der Waals surface area (Å²) < 4.78 is 0. The van der Waals surface area contributed by atoms with Gasteiger partial charge >= 0.3 is 0 Å². The van der Waals surface area contributed by atoms with Crippen molar-refractivity contribution < 1.29 is 0 Å². The van der Waals surface area contributed by atoms with Gasteiger partial charge in [0, 0.05) is 19.1 Å². The zero-order valence-electron chi connectivity index (χ0n) is 8.95. The fourth-order valence-electron chi connectivity index (χ4n) is 2.50. The summed E-state index contributed by atoms with van der Waals surface area (Å²) in [4.78, 5) is 4.90. The molecule has 14 heavy (non-hydrogen) atoms. The van der Waals surface area contributed by atoms with E-state index in [1.165, 1.54) is 45.4 Å². The molecule has 0 amide bonds. The van der Waals surface area contributed by atoms with E-state index in [0.717, 1.165) is 6.04 Å². The Morgan fingerprint density at radius 2 is 1.93 bits per heavy atom. The highest BCUT2D eigenvalue weighted by atomic mass is 32.1. The Morgan fingerprint density at radius 3 is 2.64 bits per heavy atom. The molecule has 3 nitrogen and oxygen atoms in total. The smallest absolute Gasteiger partial charge is 0.108 e. The monoisotopic (exact) mass is 215 g/mol. The highest BCUT2D eigenvalue weighted by Crippen LogP contribution is 2.22. The molecule has 2 aliphatic heterocycles. The van der Waals surface area contributed by atoms with Crippen LogP contribution in [0.1, 0.15) is 19.3 Å². The van der Waals surface area contributed by atoms with Crippen molar-refractivity contribution in [2.45, 2.75) is 30.8 Å². The molecule has 0 spiro atoms. The van der Waals surface area contributed by atoms with Crippen LogP contribution in [0.4, 0.5) is 0 Å². The highest BCUT2D eigenvalue weighted by molar-refractivity contribution is 7.80. The Bertz CT molecular complexity index is 182. The normalized spacial score (nSPS) is 33.4. The van der Waals surface area contributed by atoms with Crippen molar-refractivity contribution in [1.82, 2.24) is 15.1 Å².